The Morgan fingerprint density at radius 1 is 1.19 bits per heavy atom. The molecule has 2 aromatic heterocycles. The Morgan fingerprint density at radius 3 is 2.67 bits per heavy atom. The monoisotopic (exact) mass is 394 g/mol. The zero-order chi connectivity index (χ0) is 19.4. The van der Waals surface area contributed by atoms with Crippen LogP contribution in [0.2, 0.25) is 0 Å². The Morgan fingerprint density at radius 2 is 1.96 bits per heavy atom. The smallest absolute Gasteiger partial charge is 0.335 e. The number of rotatable bonds is 5. The molecule has 3 N–H and O–H groups in total. The maximum absolute atomic E-state index is 13.0. The second kappa shape index (κ2) is 7.66. The number of carbonyl (C=O) groups is 1. The molecule has 140 valence electrons. The molecule has 0 saturated carbocycles. The van der Waals surface area contributed by atoms with E-state index >= 15 is 0 Å². The Bertz CT molecular complexity index is 945. The fraction of sp³-hybridized carbons (Fsp3) is 0.125. The maximum Gasteiger partial charge on any atom is 0.418 e. The lowest BCUT2D eigenvalue weighted by atomic mass is 10.1. The van der Waals surface area contributed by atoms with E-state index in [4.69, 9.17) is 5.84 Å². The molecule has 0 aliphatic carbocycles. The fourth-order valence-corrected chi connectivity index (χ4v) is 2.88. The minimum Gasteiger partial charge on any atom is -0.335 e. The van der Waals surface area contributed by atoms with Crippen molar-refractivity contribution in [3.8, 4) is 11.4 Å². The van der Waals surface area contributed by atoms with Gasteiger partial charge in [0.05, 0.1) is 17.0 Å². The van der Waals surface area contributed by atoms with Crippen molar-refractivity contribution in [2.75, 3.05) is 16.9 Å². The molecular weight excluding hydrogens is 381 g/mol. The summed E-state index contributed by atoms with van der Waals surface area (Å²) in [7, 11) is 0. The number of amides is 1. The van der Waals surface area contributed by atoms with Crippen LogP contribution in [0.15, 0.2) is 53.9 Å². The van der Waals surface area contributed by atoms with Crippen LogP contribution in [0.1, 0.15) is 5.56 Å². The van der Waals surface area contributed by atoms with Gasteiger partial charge in [0.2, 0.25) is 11.1 Å². The molecule has 0 unspecified atom stereocenters. The summed E-state index contributed by atoms with van der Waals surface area (Å²) in [4.78, 5) is 16.0. The van der Waals surface area contributed by atoms with Gasteiger partial charge in [0, 0.05) is 18.0 Å². The number of alkyl halides is 3. The first-order valence-corrected chi connectivity index (χ1v) is 8.54. The van der Waals surface area contributed by atoms with Gasteiger partial charge in [0.25, 0.3) is 0 Å². The lowest BCUT2D eigenvalue weighted by molar-refractivity contribution is -0.137. The van der Waals surface area contributed by atoms with Crippen LogP contribution < -0.4 is 11.2 Å². The molecule has 0 bridgehead atoms. The number of para-hydroxylation sites is 1. The van der Waals surface area contributed by atoms with Gasteiger partial charge < -0.3 is 11.2 Å². The average molecular weight is 394 g/mol. The first kappa shape index (κ1) is 18.7. The Labute approximate surface area is 155 Å². The van der Waals surface area contributed by atoms with E-state index < -0.39 is 17.6 Å². The second-order valence-corrected chi connectivity index (χ2v) is 6.24. The van der Waals surface area contributed by atoms with E-state index in [9.17, 15) is 18.0 Å². The zero-order valence-corrected chi connectivity index (χ0v) is 14.5. The predicted octanol–water partition coefficient (Wildman–Crippen LogP) is 2.80. The summed E-state index contributed by atoms with van der Waals surface area (Å²) < 4.78 is 40.1. The highest BCUT2D eigenvalue weighted by molar-refractivity contribution is 7.99. The highest BCUT2D eigenvalue weighted by atomic mass is 32.2. The molecule has 0 atom stereocenters. The molecule has 11 heteroatoms. The van der Waals surface area contributed by atoms with Gasteiger partial charge in [-0.25, -0.2) is 4.68 Å². The molecule has 0 radical (unpaired) electrons. The van der Waals surface area contributed by atoms with E-state index in [1.54, 1.807) is 24.5 Å². The number of halogens is 3. The number of nitrogens with zero attached hydrogens (tertiary/aromatic N) is 4. The summed E-state index contributed by atoms with van der Waals surface area (Å²) >= 11 is 0.954. The average Bonchev–Trinajstić information content (AvgIpc) is 3.01. The topological polar surface area (TPSA) is 98.7 Å². The quantitative estimate of drug-likeness (QED) is 0.510. The Hall–Kier alpha value is -3.08. The van der Waals surface area contributed by atoms with Gasteiger partial charge in [-0.15, -0.1) is 10.2 Å². The van der Waals surface area contributed by atoms with Crippen molar-refractivity contribution in [1.29, 1.82) is 0 Å². The number of hydrogen-bond acceptors (Lipinski definition) is 6. The molecule has 0 fully saturated rings. The van der Waals surface area contributed by atoms with Crippen LogP contribution in [-0.4, -0.2) is 31.5 Å². The summed E-state index contributed by atoms with van der Waals surface area (Å²) in [6.45, 7) is 0. The number of nitrogen functional groups attached to an aromatic ring is 1. The summed E-state index contributed by atoms with van der Waals surface area (Å²) in [6.07, 6.45) is -1.41. The van der Waals surface area contributed by atoms with Gasteiger partial charge in [-0.2, -0.15) is 13.2 Å². The number of anilines is 1. The van der Waals surface area contributed by atoms with Crippen LogP contribution in [0.5, 0.6) is 0 Å². The minimum atomic E-state index is -4.56. The Balaban J connectivity index is 1.67. The lowest BCUT2D eigenvalue weighted by Gasteiger charge is -2.13. The molecule has 3 rings (SSSR count). The second-order valence-electron chi connectivity index (χ2n) is 5.30. The van der Waals surface area contributed by atoms with Crippen molar-refractivity contribution in [3.05, 3.63) is 54.4 Å². The van der Waals surface area contributed by atoms with Gasteiger partial charge in [0.15, 0.2) is 5.82 Å². The summed E-state index contributed by atoms with van der Waals surface area (Å²) in [5.41, 5.74) is -0.576. The molecule has 1 amide bonds. The van der Waals surface area contributed by atoms with E-state index in [0.29, 0.717) is 11.4 Å². The summed E-state index contributed by atoms with van der Waals surface area (Å²) in [6, 6.07) is 8.22. The fourth-order valence-electron chi connectivity index (χ4n) is 2.22. The third kappa shape index (κ3) is 4.37. The lowest BCUT2D eigenvalue weighted by Crippen LogP contribution is -2.19. The SMILES string of the molecule is Nn1c(SCC(=O)Nc2ccccc2C(F)(F)F)nnc1-c1cccnc1. The molecule has 0 saturated heterocycles. The van der Waals surface area contributed by atoms with Crippen molar-refractivity contribution < 1.29 is 18.0 Å². The van der Waals surface area contributed by atoms with Gasteiger partial charge in [-0.1, -0.05) is 23.9 Å². The van der Waals surface area contributed by atoms with Crippen molar-refractivity contribution in [1.82, 2.24) is 19.9 Å². The largest absolute Gasteiger partial charge is 0.418 e. The predicted molar refractivity (Wildman–Crippen MR) is 94.2 cm³/mol. The van der Waals surface area contributed by atoms with Crippen LogP contribution in [-0.2, 0) is 11.0 Å². The Kier molecular flexibility index (Phi) is 5.31. The van der Waals surface area contributed by atoms with Gasteiger partial charge in [-0.05, 0) is 24.3 Å². The van der Waals surface area contributed by atoms with E-state index in [1.807, 2.05) is 0 Å². The number of pyridine rings is 1. The molecule has 7 nitrogen and oxygen atoms in total. The first-order valence-electron chi connectivity index (χ1n) is 7.56. The maximum atomic E-state index is 13.0. The molecule has 0 spiro atoms. The standard InChI is InChI=1S/C16H13F3N6OS/c17-16(18,19)11-5-1-2-6-12(11)22-13(26)9-27-15-24-23-14(25(15)20)10-4-3-7-21-8-10/h1-8H,9,20H2,(H,22,26). The van der Waals surface area contributed by atoms with Gasteiger partial charge >= 0.3 is 6.18 Å². The van der Waals surface area contributed by atoms with Crippen molar-refractivity contribution in [2.24, 2.45) is 0 Å². The third-order valence-electron chi connectivity index (χ3n) is 3.42. The third-order valence-corrected chi connectivity index (χ3v) is 4.37. The van der Waals surface area contributed by atoms with Crippen LogP contribution in [0, 0.1) is 0 Å². The van der Waals surface area contributed by atoms with Crippen LogP contribution in [0.3, 0.4) is 0 Å². The molecule has 0 aliphatic heterocycles. The number of thioether (sulfide) groups is 1. The van der Waals surface area contributed by atoms with Crippen LogP contribution >= 0.6 is 11.8 Å². The van der Waals surface area contributed by atoms with Crippen molar-refractivity contribution in [3.63, 3.8) is 0 Å². The molecule has 0 aliphatic rings. The molecule has 27 heavy (non-hydrogen) atoms. The van der Waals surface area contributed by atoms with E-state index in [2.05, 4.69) is 20.5 Å². The number of nitrogens with one attached hydrogen (secondary N) is 1. The minimum absolute atomic E-state index is 0.186. The van der Waals surface area contributed by atoms with Crippen molar-refractivity contribution >= 4 is 23.4 Å². The van der Waals surface area contributed by atoms with Crippen molar-refractivity contribution in [2.45, 2.75) is 11.3 Å². The molecular formula is C16H13F3N6OS. The van der Waals surface area contributed by atoms with E-state index in [-0.39, 0.29) is 16.6 Å². The highest BCUT2D eigenvalue weighted by Gasteiger charge is 2.33. The van der Waals surface area contributed by atoms with Crippen LogP contribution in [0.25, 0.3) is 11.4 Å². The highest BCUT2D eigenvalue weighted by Crippen LogP contribution is 2.34. The van der Waals surface area contributed by atoms with E-state index in [0.717, 1.165) is 17.8 Å². The number of hydrogen-bond donors (Lipinski definition) is 2. The molecule has 3 aromatic rings. The zero-order valence-electron chi connectivity index (χ0n) is 13.6. The number of aromatic nitrogens is 4. The molecule has 1 aromatic carbocycles. The van der Waals surface area contributed by atoms with Gasteiger partial charge in [0.1, 0.15) is 0 Å². The number of carbonyl (C=O) groups excluding carboxylic acids is 1. The normalized spacial score (nSPS) is 11.4. The van der Waals surface area contributed by atoms with Crippen LogP contribution in [0.4, 0.5) is 18.9 Å². The first-order chi connectivity index (χ1) is 12.9. The summed E-state index contributed by atoms with van der Waals surface area (Å²) in [5, 5.41) is 10.3. The van der Waals surface area contributed by atoms with E-state index in [1.165, 1.54) is 22.9 Å². The number of benzene rings is 1. The molecule has 2 heterocycles. The van der Waals surface area contributed by atoms with Gasteiger partial charge in [-0.3, -0.25) is 9.78 Å². The summed E-state index contributed by atoms with van der Waals surface area (Å²) in [5.74, 6) is 5.46. The number of nitrogens with two attached hydrogens (primary N) is 1.